The van der Waals surface area contributed by atoms with E-state index in [2.05, 4.69) is 27.7 Å². The van der Waals surface area contributed by atoms with E-state index in [0.717, 1.165) is 77.0 Å². The average Bonchev–Trinajstić information content (AvgIpc) is 2.79. The molecule has 0 spiro atoms. The summed E-state index contributed by atoms with van der Waals surface area (Å²) in [5, 5.41) is 0. The van der Waals surface area contributed by atoms with Crippen molar-refractivity contribution in [3.05, 3.63) is 0 Å². The number of hydrogen-bond acceptors (Lipinski definition) is 6. The van der Waals surface area contributed by atoms with Gasteiger partial charge in [0.05, 0.1) is 25.4 Å². The van der Waals surface area contributed by atoms with Crippen LogP contribution in [0, 0.1) is 0 Å². The molecule has 32 heavy (non-hydrogen) atoms. The quantitative estimate of drug-likeness (QED) is 0.131. The van der Waals surface area contributed by atoms with Crippen molar-refractivity contribution in [3.8, 4) is 0 Å². The maximum absolute atomic E-state index is 11.8. The molecule has 2 atom stereocenters. The summed E-state index contributed by atoms with van der Waals surface area (Å²) < 4.78 is 21.9. The Bertz CT molecular complexity index is 400. The van der Waals surface area contributed by atoms with Crippen molar-refractivity contribution in [1.82, 2.24) is 0 Å². The lowest BCUT2D eigenvalue weighted by Crippen LogP contribution is -2.17. The van der Waals surface area contributed by atoms with Crippen LogP contribution in [0.4, 0.5) is 0 Å². The lowest BCUT2D eigenvalue weighted by atomic mass is 10.1. The Kier molecular flexibility index (Phi) is 22.2. The van der Waals surface area contributed by atoms with Gasteiger partial charge in [-0.2, -0.15) is 0 Å². The Labute approximate surface area is 197 Å². The molecule has 2 unspecified atom stereocenters. The molecule has 0 bridgehead atoms. The van der Waals surface area contributed by atoms with Crippen LogP contribution >= 0.6 is 0 Å². The van der Waals surface area contributed by atoms with Crippen LogP contribution < -0.4 is 0 Å². The van der Waals surface area contributed by atoms with Crippen molar-refractivity contribution in [1.29, 1.82) is 0 Å². The Morgan fingerprint density at radius 1 is 0.562 bits per heavy atom. The number of hydrogen-bond donors (Lipinski definition) is 0. The summed E-state index contributed by atoms with van der Waals surface area (Å²) in [5.41, 5.74) is 0. The lowest BCUT2D eigenvalue weighted by molar-refractivity contribution is -0.147. The zero-order valence-corrected chi connectivity index (χ0v) is 21.3. The third-order valence-corrected chi connectivity index (χ3v) is 5.54. The predicted octanol–water partition coefficient (Wildman–Crippen LogP) is 6.38. The molecule has 0 aliphatic rings. The molecule has 190 valence electrons. The molecule has 0 heterocycles. The molecule has 0 radical (unpaired) electrons. The van der Waals surface area contributed by atoms with Gasteiger partial charge in [-0.15, -0.1) is 0 Å². The van der Waals surface area contributed by atoms with Crippen molar-refractivity contribution in [2.75, 3.05) is 26.4 Å². The normalized spacial score (nSPS) is 13.0. The first-order valence-corrected chi connectivity index (χ1v) is 13.1. The summed E-state index contributed by atoms with van der Waals surface area (Å²) in [6.45, 7) is 10.2. The van der Waals surface area contributed by atoms with Gasteiger partial charge in [-0.3, -0.25) is 9.59 Å². The maximum Gasteiger partial charge on any atom is 0.305 e. The van der Waals surface area contributed by atoms with Crippen LogP contribution in [0.5, 0.6) is 0 Å². The first-order valence-electron chi connectivity index (χ1n) is 13.1. The van der Waals surface area contributed by atoms with Gasteiger partial charge in [0, 0.05) is 12.8 Å². The summed E-state index contributed by atoms with van der Waals surface area (Å²) in [6.07, 6.45) is 13.7. The van der Waals surface area contributed by atoms with Crippen LogP contribution in [0.1, 0.15) is 118 Å². The van der Waals surface area contributed by atoms with Gasteiger partial charge in [0.15, 0.2) is 0 Å². The summed E-state index contributed by atoms with van der Waals surface area (Å²) in [4.78, 5) is 23.5. The highest BCUT2D eigenvalue weighted by Crippen LogP contribution is 2.10. The second-order valence-corrected chi connectivity index (χ2v) is 8.44. The fourth-order valence-corrected chi connectivity index (χ4v) is 3.59. The van der Waals surface area contributed by atoms with E-state index >= 15 is 0 Å². The number of rotatable bonds is 23. The van der Waals surface area contributed by atoms with Crippen LogP contribution in [0.15, 0.2) is 0 Å². The standard InChI is InChI=1S/C26H50O6/c1-5-15-23(7-3)29-19-21-31-25(27)17-13-11-9-10-12-14-18-26(28)32-22-20-30-24(8-4)16-6-2/h23-24H,5-22H2,1-4H3. The SMILES string of the molecule is CCCC(CC)OCCOC(=O)CCCCCCCCC(=O)OCCOC(CC)CCC. The monoisotopic (exact) mass is 458 g/mol. The van der Waals surface area contributed by atoms with E-state index in [1.165, 1.54) is 0 Å². The molecule has 0 aromatic heterocycles. The summed E-state index contributed by atoms with van der Waals surface area (Å²) in [5.74, 6) is -0.271. The fraction of sp³-hybridized carbons (Fsp3) is 0.923. The Morgan fingerprint density at radius 3 is 1.28 bits per heavy atom. The first kappa shape index (κ1) is 30.9. The van der Waals surface area contributed by atoms with Crippen LogP contribution in [-0.2, 0) is 28.5 Å². The molecule has 0 saturated carbocycles. The minimum Gasteiger partial charge on any atom is -0.463 e. The smallest absolute Gasteiger partial charge is 0.305 e. The van der Waals surface area contributed by atoms with Crippen molar-refractivity contribution in [2.45, 2.75) is 130 Å². The summed E-state index contributed by atoms with van der Waals surface area (Å²) in [6, 6.07) is 0. The van der Waals surface area contributed by atoms with Gasteiger partial charge < -0.3 is 18.9 Å². The number of ether oxygens (including phenoxy) is 4. The lowest BCUT2D eigenvalue weighted by Gasteiger charge is -2.15. The molecule has 0 amide bonds. The topological polar surface area (TPSA) is 71.1 Å². The van der Waals surface area contributed by atoms with Gasteiger partial charge in [-0.1, -0.05) is 66.2 Å². The van der Waals surface area contributed by atoms with E-state index in [1.807, 2.05) is 0 Å². The molecule has 0 N–H and O–H groups in total. The zero-order valence-electron chi connectivity index (χ0n) is 21.3. The molecular formula is C26H50O6. The molecular weight excluding hydrogens is 408 g/mol. The highest BCUT2D eigenvalue weighted by atomic mass is 16.6. The van der Waals surface area contributed by atoms with E-state index in [0.29, 0.717) is 39.3 Å². The first-order chi connectivity index (χ1) is 15.6. The molecule has 0 aromatic carbocycles. The highest BCUT2D eigenvalue weighted by molar-refractivity contribution is 5.69. The van der Waals surface area contributed by atoms with E-state index < -0.39 is 0 Å². The van der Waals surface area contributed by atoms with Gasteiger partial charge in [-0.05, 0) is 38.5 Å². The van der Waals surface area contributed by atoms with Crippen LogP contribution in [0.2, 0.25) is 0 Å². The number of unbranched alkanes of at least 4 members (excludes halogenated alkanes) is 5. The van der Waals surface area contributed by atoms with Gasteiger partial charge in [0.1, 0.15) is 13.2 Å². The number of carbonyl (C=O) groups excluding carboxylic acids is 2. The minimum absolute atomic E-state index is 0.135. The molecule has 6 nitrogen and oxygen atoms in total. The largest absolute Gasteiger partial charge is 0.463 e. The van der Waals surface area contributed by atoms with Crippen LogP contribution in [-0.4, -0.2) is 50.6 Å². The Balaban J connectivity index is 3.45. The maximum atomic E-state index is 11.8. The van der Waals surface area contributed by atoms with E-state index in [1.54, 1.807) is 0 Å². The van der Waals surface area contributed by atoms with Crippen molar-refractivity contribution >= 4 is 11.9 Å². The number of carbonyl (C=O) groups is 2. The predicted molar refractivity (Wildman–Crippen MR) is 129 cm³/mol. The van der Waals surface area contributed by atoms with E-state index in [-0.39, 0.29) is 24.1 Å². The summed E-state index contributed by atoms with van der Waals surface area (Å²) >= 11 is 0. The van der Waals surface area contributed by atoms with Gasteiger partial charge in [-0.25, -0.2) is 0 Å². The Morgan fingerprint density at radius 2 is 0.938 bits per heavy atom. The van der Waals surface area contributed by atoms with Crippen molar-refractivity contribution in [3.63, 3.8) is 0 Å². The van der Waals surface area contributed by atoms with Crippen LogP contribution in [0.25, 0.3) is 0 Å². The second kappa shape index (κ2) is 23.0. The number of esters is 2. The molecule has 6 heteroatoms. The minimum atomic E-state index is -0.135. The van der Waals surface area contributed by atoms with Gasteiger partial charge in [0.25, 0.3) is 0 Å². The molecule has 0 aliphatic carbocycles. The van der Waals surface area contributed by atoms with Crippen molar-refractivity contribution in [2.24, 2.45) is 0 Å². The molecule has 0 fully saturated rings. The summed E-state index contributed by atoms with van der Waals surface area (Å²) in [7, 11) is 0. The molecule has 0 aromatic rings. The van der Waals surface area contributed by atoms with E-state index in [9.17, 15) is 9.59 Å². The van der Waals surface area contributed by atoms with Crippen molar-refractivity contribution < 1.29 is 28.5 Å². The third-order valence-electron chi connectivity index (χ3n) is 5.54. The molecule has 0 saturated heterocycles. The van der Waals surface area contributed by atoms with Gasteiger partial charge >= 0.3 is 11.9 Å². The average molecular weight is 459 g/mol. The van der Waals surface area contributed by atoms with E-state index in [4.69, 9.17) is 18.9 Å². The molecule has 0 rings (SSSR count). The molecule has 0 aliphatic heterocycles. The Hall–Kier alpha value is -1.14. The second-order valence-electron chi connectivity index (χ2n) is 8.44. The highest BCUT2D eigenvalue weighted by Gasteiger charge is 2.08. The van der Waals surface area contributed by atoms with Crippen LogP contribution in [0.3, 0.4) is 0 Å². The van der Waals surface area contributed by atoms with Gasteiger partial charge in [0.2, 0.25) is 0 Å². The zero-order chi connectivity index (χ0) is 23.9. The third kappa shape index (κ3) is 19.5. The fourth-order valence-electron chi connectivity index (χ4n) is 3.59.